The topological polar surface area (TPSA) is 89.9 Å². The molecule has 0 fully saturated rings. The number of halogens is 1. The van der Waals surface area contributed by atoms with Gasteiger partial charge < -0.3 is 20.4 Å². The van der Waals surface area contributed by atoms with Crippen LogP contribution in [0.25, 0.3) is 0 Å². The molecule has 4 rings (SSSR count). The van der Waals surface area contributed by atoms with Gasteiger partial charge in [0.05, 0.1) is 6.54 Å². The third-order valence-corrected chi connectivity index (χ3v) is 6.82. The second kappa shape index (κ2) is 9.83. The minimum Gasteiger partial charge on any atom is -0.380 e. The standard InChI is InChI=1S/C24H23ClN2O4S/c25-20-8-4-3-5-16(20)9-15-10-19(32-14-15)11-26-23(30)21(28)22(29)24(31)27-12-17-6-1-2-7-18(17)13-27/h1-8,10,14,21-22,28-29H,9,11-13H2,(H,26,30). The number of benzene rings is 2. The highest BCUT2D eigenvalue weighted by molar-refractivity contribution is 7.10. The van der Waals surface area contributed by atoms with Crippen molar-refractivity contribution in [2.24, 2.45) is 0 Å². The van der Waals surface area contributed by atoms with Gasteiger partial charge in [0.2, 0.25) is 0 Å². The Hall–Kier alpha value is -2.71. The zero-order valence-electron chi connectivity index (χ0n) is 17.2. The summed E-state index contributed by atoms with van der Waals surface area (Å²) in [7, 11) is 0. The molecule has 0 saturated heterocycles. The fraction of sp³-hybridized carbons (Fsp3) is 0.250. The van der Waals surface area contributed by atoms with E-state index < -0.39 is 24.0 Å². The van der Waals surface area contributed by atoms with Crippen LogP contribution in [0.4, 0.5) is 0 Å². The Morgan fingerprint density at radius 1 is 1.03 bits per heavy atom. The van der Waals surface area contributed by atoms with Crippen molar-refractivity contribution in [3.63, 3.8) is 0 Å². The molecule has 8 heteroatoms. The molecule has 0 spiro atoms. The summed E-state index contributed by atoms with van der Waals surface area (Å²) in [4.78, 5) is 27.2. The molecule has 32 heavy (non-hydrogen) atoms. The summed E-state index contributed by atoms with van der Waals surface area (Å²) in [6.07, 6.45) is -2.98. The molecule has 1 aliphatic heterocycles. The van der Waals surface area contributed by atoms with Crippen molar-refractivity contribution in [3.05, 3.63) is 92.1 Å². The lowest BCUT2D eigenvalue weighted by atomic mass is 10.1. The first-order chi connectivity index (χ1) is 15.4. The van der Waals surface area contributed by atoms with Crippen LogP contribution in [0.1, 0.15) is 27.1 Å². The van der Waals surface area contributed by atoms with Crippen LogP contribution in [0.5, 0.6) is 0 Å². The molecule has 2 amide bonds. The maximum Gasteiger partial charge on any atom is 0.255 e. The summed E-state index contributed by atoms with van der Waals surface area (Å²) in [5.41, 5.74) is 4.08. The van der Waals surface area contributed by atoms with Crippen LogP contribution in [-0.4, -0.2) is 39.1 Å². The molecule has 0 bridgehead atoms. The molecular weight excluding hydrogens is 448 g/mol. The van der Waals surface area contributed by atoms with Gasteiger partial charge in [-0.1, -0.05) is 54.1 Å². The first kappa shape index (κ1) is 22.5. The molecule has 3 aromatic rings. The molecule has 0 saturated carbocycles. The van der Waals surface area contributed by atoms with E-state index in [4.69, 9.17) is 11.6 Å². The average Bonchev–Trinajstić information content (AvgIpc) is 3.44. The number of carbonyl (C=O) groups excluding carboxylic acids is 2. The van der Waals surface area contributed by atoms with E-state index in [0.717, 1.165) is 27.1 Å². The van der Waals surface area contributed by atoms with Gasteiger partial charge in [0, 0.05) is 23.0 Å². The summed E-state index contributed by atoms with van der Waals surface area (Å²) >= 11 is 7.69. The van der Waals surface area contributed by atoms with E-state index in [1.54, 1.807) is 0 Å². The molecule has 1 aliphatic rings. The van der Waals surface area contributed by atoms with E-state index >= 15 is 0 Å². The Morgan fingerprint density at radius 3 is 2.38 bits per heavy atom. The van der Waals surface area contributed by atoms with E-state index in [2.05, 4.69) is 5.32 Å². The second-order valence-electron chi connectivity index (χ2n) is 7.76. The number of hydrogen-bond acceptors (Lipinski definition) is 5. The van der Waals surface area contributed by atoms with E-state index in [1.165, 1.54) is 16.2 Å². The molecule has 6 nitrogen and oxygen atoms in total. The van der Waals surface area contributed by atoms with E-state index in [-0.39, 0.29) is 6.54 Å². The zero-order valence-corrected chi connectivity index (χ0v) is 18.8. The van der Waals surface area contributed by atoms with Crippen LogP contribution >= 0.6 is 22.9 Å². The van der Waals surface area contributed by atoms with Gasteiger partial charge in [0.25, 0.3) is 11.8 Å². The van der Waals surface area contributed by atoms with Gasteiger partial charge in [0.1, 0.15) is 0 Å². The maximum absolute atomic E-state index is 12.6. The summed E-state index contributed by atoms with van der Waals surface area (Å²) in [5, 5.41) is 25.8. The lowest BCUT2D eigenvalue weighted by Crippen LogP contribution is -2.49. The molecule has 0 aliphatic carbocycles. The van der Waals surface area contributed by atoms with E-state index in [9.17, 15) is 19.8 Å². The summed E-state index contributed by atoms with van der Waals surface area (Å²) in [6.45, 7) is 0.896. The van der Waals surface area contributed by atoms with Crippen molar-refractivity contribution >= 4 is 34.8 Å². The van der Waals surface area contributed by atoms with Gasteiger partial charge >= 0.3 is 0 Å². The number of aliphatic hydroxyl groups excluding tert-OH is 2. The van der Waals surface area contributed by atoms with Crippen molar-refractivity contribution in [1.29, 1.82) is 0 Å². The Morgan fingerprint density at radius 2 is 1.69 bits per heavy atom. The van der Waals surface area contributed by atoms with Gasteiger partial charge in [0.15, 0.2) is 12.2 Å². The molecule has 1 aromatic heterocycles. The van der Waals surface area contributed by atoms with Crippen LogP contribution in [0.15, 0.2) is 60.0 Å². The van der Waals surface area contributed by atoms with Crippen molar-refractivity contribution in [1.82, 2.24) is 10.2 Å². The van der Waals surface area contributed by atoms with E-state index in [0.29, 0.717) is 24.5 Å². The Labute approximate surface area is 195 Å². The predicted molar refractivity (Wildman–Crippen MR) is 123 cm³/mol. The van der Waals surface area contributed by atoms with Crippen LogP contribution in [0.3, 0.4) is 0 Å². The maximum atomic E-state index is 12.6. The van der Waals surface area contributed by atoms with Gasteiger partial charge in [-0.15, -0.1) is 11.3 Å². The SMILES string of the molecule is O=C(NCc1cc(Cc2ccccc2Cl)cs1)C(O)C(O)C(=O)N1Cc2ccccc2C1. The number of nitrogens with one attached hydrogen (secondary N) is 1. The molecule has 2 aromatic carbocycles. The van der Waals surface area contributed by atoms with Crippen molar-refractivity contribution in [3.8, 4) is 0 Å². The normalized spacial score (nSPS) is 14.7. The lowest BCUT2D eigenvalue weighted by Gasteiger charge is -2.22. The highest BCUT2D eigenvalue weighted by Crippen LogP contribution is 2.24. The Bertz CT molecular complexity index is 1110. The second-order valence-corrected chi connectivity index (χ2v) is 9.16. The monoisotopic (exact) mass is 470 g/mol. The number of aliphatic hydroxyl groups is 2. The molecule has 166 valence electrons. The number of thiophene rings is 1. The van der Waals surface area contributed by atoms with Crippen LogP contribution in [-0.2, 0) is 35.6 Å². The third kappa shape index (κ3) is 5.02. The zero-order chi connectivity index (χ0) is 22.7. The smallest absolute Gasteiger partial charge is 0.255 e. The summed E-state index contributed by atoms with van der Waals surface area (Å²) in [6, 6.07) is 17.2. The highest BCUT2D eigenvalue weighted by atomic mass is 35.5. The average molecular weight is 471 g/mol. The third-order valence-electron chi connectivity index (χ3n) is 5.47. The predicted octanol–water partition coefficient (Wildman–Crippen LogP) is 2.87. The first-order valence-corrected chi connectivity index (χ1v) is 11.5. The number of fused-ring (bicyclic) bond motifs is 1. The van der Waals surface area contributed by atoms with Crippen molar-refractivity contribution in [2.45, 2.75) is 38.3 Å². The molecule has 2 heterocycles. The van der Waals surface area contributed by atoms with Gasteiger partial charge in [-0.2, -0.15) is 0 Å². The Balaban J connectivity index is 1.29. The molecule has 3 N–H and O–H groups in total. The molecule has 0 radical (unpaired) electrons. The van der Waals surface area contributed by atoms with Crippen molar-refractivity contribution in [2.75, 3.05) is 0 Å². The number of hydrogen-bond donors (Lipinski definition) is 3. The van der Waals surface area contributed by atoms with Crippen LogP contribution in [0.2, 0.25) is 5.02 Å². The van der Waals surface area contributed by atoms with Gasteiger partial charge in [-0.05, 0) is 46.2 Å². The fourth-order valence-corrected chi connectivity index (χ4v) is 4.74. The van der Waals surface area contributed by atoms with Gasteiger partial charge in [-0.25, -0.2) is 0 Å². The minimum atomic E-state index is -1.84. The molecule has 2 atom stereocenters. The van der Waals surface area contributed by atoms with Crippen molar-refractivity contribution < 1.29 is 19.8 Å². The Kier molecular flexibility index (Phi) is 6.91. The lowest BCUT2D eigenvalue weighted by molar-refractivity contribution is -0.153. The molecular formula is C24H23ClN2O4S. The molecule has 2 unspecified atom stereocenters. The summed E-state index contributed by atoms with van der Waals surface area (Å²) < 4.78 is 0. The summed E-state index contributed by atoms with van der Waals surface area (Å²) in [5.74, 6) is -1.45. The quantitative estimate of drug-likeness (QED) is 0.495. The number of rotatable bonds is 7. The number of amides is 2. The fourth-order valence-electron chi connectivity index (χ4n) is 3.71. The van der Waals surface area contributed by atoms with Crippen LogP contribution < -0.4 is 5.32 Å². The first-order valence-electron chi connectivity index (χ1n) is 10.2. The number of nitrogens with zero attached hydrogens (tertiary/aromatic N) is 1. The highest BCUT2D eigenvalue weighted by Gasteiger charge is 2.35. The van der Waals surface area contributed by atoms with Gasteiger partial charge in [-0.3, -0.25) is 9.59 Å². The number of carbonyl (C=O) groups is 2. The van der Waals surface area contributed by atoms with Crippen LogP contribution in [0, 0.1) is 0 Å². The minimum absolute atomic E-state index is 0.194. The largest absolute Gasteiger partial charge is 0.380 e. The van der Waals surface area contributed by atoms with E-state index in [1.807, 2.05) is 60.0 Å².